The van der Waals surface area contributed by atoms with Gasteiger partial charge in [-0.3, -0.25) is 0 Å². The van der Waals surface area contributed by atoms with Crippen LogP contribution in [0.15, 0.2) is 36.7 Å². The van der Waals surface area contributed by atoms with Gasteiger partial charge in [0.15, 0.2) is 0 Å². The Morgan fingerprint density at radius 3 is 2.71 bits per heavy atom. The minimum atomic E-state index is -0.454. The van der Waals surface area contributed by atoms with E-state index in [0.717, 1.165) is 80.3 Å². The van der Waals surface area contributed by atoms with Crippen LogP contribution in [0, 0.1) is 5.92 Å². The number of hydrogen-bond acceptors (Lipinski definition) is 6. The summed E-state index contributed by atoms with van der Waals surface area (Å²) in [4.78, 5) is 26.9. The number of nitrogens with one attached hydrogen (secondary N) is 3. The van der Waals surface area contributed by atoms with Gasteiger partial charge in [0.1, 0.15) is 5.60 Å². The minimum Gasteiger partial charge on any atom is -0.444 e. The Kier molecular flexibility index (Phi) is 8.09. The minimum absolute atomic E-state index is 0.189. The summed E-state index contributed by atoms with van der Waals surface area (Å²) in [5.41, 5.74) is 2.33. The SMILES string of the molecule is CC(C)(C)OC(=O)N1CCCC(CNC2CCC(Nc3ncc(Cl)c(-c4c[nH]c5ccccc45)n3)CC2)C1. The van der Waals surface area contributed by atoms with Crippen LogP contribution in [0.1, 0.15) is 59.3 Å². The lowest BCUT2D eigenvalue weighted by atomic mass is 9.90. The summed E-state index contributed by atoms with van der Waals surface area (Å²) in [6.45, 7) is 8.25. The third-order valence-electron chi connectivity index (χ3n) is 7.51. The first-order chi connectivity index (χ1) is 18.2. The maximum Gasteiger partial charge on any atom is 0.410 e. The van der Waals surface area contributed by atoms with Crippen LogP contribution in [0.2, 0.25) is 5.02 Å². The van der Waals surface area contributed by atoms with E-state index in [-0.39, 0.29) is 6.09 Å². The van der Waals surface area contributed by atoms with Crippen molar-refractivity contribution in [2.45, 2.75) is 77.0 Å². The van der Waals surface area contributed by atoms with Crippen molar-refractivity contribution in [3.05, 3.63) is 41.7 Å². The van der Waals surface area contributed by atoms with Gasteiger partial charge in [-0.2, -0.15) is 0 Å². The van der Waals surface area contributed by atoms with Gasteiger partial charge in [-0.1, -0.05) is 29.8 Å². The van der Waals surface area contributed by atoms with Crippen LogP contribution in [0.5, 0.6) is 0 Å². The number of rotatable bonds is 6. The number of aromatic nitrogens is 3. The van der Waals surface area contributed by atoms with E-state index in [2.05, 4.69) is 26.7 Å². The molecule has 0 radical (unpaired) electrons. The van der Waals surface area contributed by atoms with Gasteiger partial charge in [0.25, 0.3) is 0 Å². The van der Waals surface area contributed by atoms with E-state index in [1.807, 2.05) is 50.1 Å². The van der Waals surface area contributed by atoms with E-state index in [9.17, 15) is 4.79 Å². The number of aromatic amines is 1. The molecule has 204 valence electrons. The summed E-state index contributed by atoms with van der Waals surface area (Å²) in [6, 6.07) is 8.98. The number of likely N-dealkylation sites (tertiary alicyclic amines) is 1. The summed E-state index contributed by atoms with van der Waals surface area (Å²) >= 11 is 6.50. The molecule has 1 aromatic carbocycles. The number of benzene rings is 1. The summed E-state index contributed by atoms with van der Waals surface area (Å²) in [7, 11) is 0. The number of carbonyl (C=O) groups is 1. The average molecular weight is 539 g/mol. The molecule has 3 N–H and O–H groups in total. The van der Waals surface area contributed by atoms with Crippen LogP contribution in [0.3, 0.4) is 0 Å². The van der Waals surface area contributed by atoms with Gasteiger partial charge in [0, 0.05) is 47.8 Å². The lowest BCUT2D eigenvalue weighted by Gasteiger charge is -2.36. The number of hydrogen-bond donors (Lipinski definition) is 3. The second kappa shape index (κ2) is 11.5. The van der Waals surface area contributed by atoms with Gasteiger partial charge in [-0.15, -0.1) is 0 Å². The first kappa shape index (κ1) is 26.8. The number of halogens is 1. The van der Waals surface area contributed by atoms with Crippen LogP contribution in [-0.2, 0) is 4.74 Å². The largest absolute Gasteiger partial charge is 0.444 e. The molecule has 2 aromatic heterocycles. The van der Waals surface area contributed by atoms with E-state index in [1.165, 1.54) is 0 Å². The molecular weight excluding hydrogens is 500 g/mol. The van der Waals surface area contributed by atoms with Crippen molar-refractivity contribution in [1.29, 1.82) is 0 Å². The van der Waals surface area contributed by atoms with E-state index in [1.54, 1.807) is 6.20 Å². The Bertz CT molecular complexity index is 1250. The van der Waals surface area contributed by atoms with Crippen molar-refractivity contribution in [3.63, 3.8) is 0 Å². The van der Waals surface area contributed by atoms with Gasteiger partial charge >= 0.3 is 6.09 Å². The quantitative estimate of drug-likeness (QED) is 0.344. The van der Waals surface area contributed by atoms with Crippen LogP contribution in [0.4, 0.5) is 10.7 Å². The first-order valence-corrected chi connectivity index (χ1v) is 14.2. The molecular formula is C29H39ClN6O2. The second-order valence-electron chi connectivity index (χ2n) is 11.7. The van der Waals surface area contributed by atoms with Crippen LogP contribution < -0.4 is 10.6 Å². The zero-order valence-corrected chi connectivity index (χ0v) is 23.4. The number of carbonyl (C=O) groups excluding carboxylic acids is 1. The Morgan fingerprint density at radius 1 is 1.16 bits per heavy atom. The standard InChI is InChI=1S/C29H39ClN6O2/c1-29(2,3)38-28(37)36-14-6-7-19(18-36)15-31-20-10-12-21(13-11-20)34-27-33-17-24(30)26(35-27)23-16-32-25-9-5-4-8-22(23)25/h4-5,8-9,16-17,19-21,31-32H,6-7,10-15,18H2,1-3H3,(H,33,34,35). The zero-order valence-electron chi connectivity index (χ0n) is 22.6. The number of para-hydroxylation sites is 1. The molecule has 2 aliphatic rings. The molecule has 1 aliphatic heterocycles. The number of amides is 1. The van der Waals surface area contributed by atoms with E-state index in [0.29, 0.717) is 29.0 Å². The third-order valence-corrected chi connectivity index (χ3v) is 7.79. The Morgan fingerprint density at radius 2 is 1.92 bits per heavy atom. The fourth-order valence-electron chi connectivity index (χ4n) is 5.57. The predicted octanol–water partition coefficient (Wildman–Crippen LogP) is 6.24. The lowest BCUT2D eigenvalue weighted by molar-refractivity contribution is 0.0164. The van der Waals surface area contributed by atoms with Gasteiger partial charge < -0.3 is 25.3 Å². The average Bonchev–Trinajstić information content (AvgIpc) is 3.33. The van der Waals surface area contributed by atoms with Crippen molar-refractivity contribution in [2.75, 3.05) is 25.0 Å². The third kappa shape index (κ3) is 6.59. The van der Waals surface area contributed by atoms with Crippen LogP contribution in [0.25, 0.3) is 22.2 Å². The maximum absolute atomic E-state index is 12.5. The van der Waals surface area contributed by atoms with E-state index < -0.39 is 5.60 Å². The van der Waals surface area contributed by atoms with Crippen LogP contribution in [-0.4, -0.2) is 63.3 Å². The van der Waals surface area contributed by atoms with Crippen molar-refractivity contribution >= 4 is 34.5 Å². The summed E-state index contributed by atoms with van der Waals surface area (Å²) in [5, 5.41) is 8.96. The van der Waals surface area contributed by atoms with E-state index >= 15 is 0 Å². The molecule has 0 spiro atoms. The molecule has 1 atom stereocenters. The number of H-pyrrole nitrogens is 1. The smallest absolute Gasteiger partial charge is 0.410 e. The molecule has 1 amide bonds. The van der Waals surface area contributed by atoms with Gasteiger partial charge in [-0.05, 0) is 77.8 Å². The molecule has 3 heterocycles. The molecule has 8 nitrogen and oxygen atoms in total. The topological polar surface area (TPSA) is 95.2 Å². The number of fused-ring (bicyclic) bond motifs is 1. The maximum atomic E-state index is 12.5. The molecule has 2 fully saturated rings. The molecule has 1 saturated carbocycles. The van der Waals surface area contributed by atoms with E-state index in [4.69, 9.17) is 21.3 Å². The lowest BCUT2D eigenvalue weighted by Crippen LogP contribution is -2.46. The second-order valence-corrected chi connectivity index (χ2v) is 12.1. The molecule has 5 rings (SSSR count). The molecule has 1 aliphatic carbocycles. The van der Waals surface area contributed by atoms with Gasteiger partial charge in [0.2, 0.25) is 5.95 Å². The number of nitrogens with zero attached hydrogens (tertiary/aromatic N) is 3. The fourth-order valence-corrected chi connectivity index (χ4v) is 5.77. The highest BCUT2D eigenvalue weighted by Crippen LogP contribution is 2.33. The van der Waals surface area contributed by atoms with Crippen LogP contribution >= 0.6 is 11.6 Å². The first-order valence-electron chi connectivity index (χ1n) is 13.8. The zero-order chi connectivity index (χ0) is 26.7. The number of anilines is 1. The van der Waals surface area contributed by atoms with Crippen molar-refractivity contribution in [3.8, 4) is 11.3 Å². The number of piperidine rings is 1. The molecule has 38 heavy (non-hydrogen) atoms. The monoisotopic (exact) mass is 538 g/mol. The molecule has 1 unspecified atom stereocenters. The highest BCUT2D eigenvalue weighted by atomic mass is 35.5. The Labute approximate surface area is 229 Å². The van der Waals surface area contributed by atoms with Crippen molar-refractivity contribution in [1.82, 2.24) is 25.2 Å². The molecule has 0 bridgehead atoms. The summed E-state index contributed by atoms with van der Waals surface area (Å²) in [6.07, 6.45) is 9.95. The fraction of sp³-hybridized carbons (Fsp3) is 0.552. The number of ether oxygens (including phenoxy) is 1. The normalized spacial score (nSPS) is 22.4. The Balaban J connectivity index is 1.10. The summed E-state index contributed by atoms with van der Waals surface area (Å²) in [5.74, 6) is 1.09. The van der Waals surface area contributed by atoms with Crippen molar-refractivity contribution < 1.29 is 9.53 Å². The van der Waals surface area contributed by atoms with Gasteiger partial charge in [-0.25, -0.2) is 14.8 Å². The predicted molar refractivity (Wildman–Crippen MR) is 153 cm³/mol. The highest BCUT2D eigenvalue weighted by Gasteiger charge is 2.29. The Hall–Kier alpha value is -2.84. The van der Waals surface area contributed by atoms with Gasteiger partial charge in [0.05, 0.1) is 16.9 Å². The molecule has 3 aromatic rings. The highest BCUT2D eigenvalue weighted by molar-refractivity contribution is 6.33. The molecule has 9 heteroatoms. The molecule has 1 saturated heterocycles. The van der Waals surface area contributed by atoms with Crippen molar-refractivity contribution in [2.24, 2.45) is 5.92 Å². The summed E-state index contributed by atoms with van der Waals surface area (Å²) < 4.78 is 5.57.